The van der Waals surface area contributed by atoms with E-state index in [0.717, 1.165) is 0 Å². The van der Waals surface area contributed by atoms with Gasteiger partial charge < -0.3 is 0 Å². The molecule has 12 rings (SSSR count). The van der Waals surface area contributed by atoms with Crippen molar-refractivity contribution in [2.45, 2.75) is 0 Å². The lowest BCUT2D eigenvalue weighted by molar-refractivity contribution is 1.66. The van der Waals surface area contributed by atoms with Gasteiger partial charge in [-0.1, -0.05) is 152 Å². The van der Waals surface area contributed by atoms with E-state index >= 15 is 0 Å². The first kappa shape index (κ1) is 30.2. The minimum atomic E-state index is 1.24. The van der Waals surface area contributed by atoms with Gasteiger partial charge in [-0.05, 0) is 107 Å². The Kier molecular flexibility index (Phi) is 6.48. The van der Waals surface area contributed by atoms with Gasteiger partial charge in [0.1, 0.15) is 0 Å². The van der Waals surface area contributed by atoms with Crippen LogP contribution in [-0.2, 0) is 0 Å². The maximum Gasteiger partial charge on any atom is 0.0540 e. The van der Waals surface area contributed by atoms with E-state index < -0.39 is 0 Å². The number of benzene rings is 10. The average molecular weight is 719 g/mol. The van der Waals surface area contributed by atoms with Gasteiger partial charge in [0.2, 0.25) is 0 Å². The van der Waals surface area contributed by atoms with Gasteiger partial charge in [0.25, 0.3) is 0 Å². The molecule has 12 aromatic rings. The van der Waals surface area contributed by atoms with Crippen LogP contribution < -0.4 is 0 Å². The molecule has 2 heterocycles. The van der Waals surface area contributed by atoms with E-state index in [-0.39, 0.29) is 0 Å². The van der Waals surface area contributed by atoms with Crippen molar-refractivity contribution in [3.8, 4) is 33.4 Å². The van der Waals surface area contributed by atoms with E-state index in [1.54, 1.807) is 0 Å². The minimum Gasteiger partial charge on any atom is -0.134 e. The van der Waals surface area contributed by atoms with Crippen LogP contribution in [0.4, 0.5) is 0 Å². The average Bonchev–Trinajstić information content (AvgIpc) is 3.82. The molecule has 0 aliphatic rings. The van der Waals surface area contributed by atoms with Crippen molar-refractivity contribution >= 4 is 106 Å². The molecule has 0 fully saturated rings. The van der Waals surface area contributed by atoms with Crippen molar-refractivity contribution in [3.63, 3.8) is 0 Å². The van der Waals surface area contributed by atoms with Crippen LogP contribution in [0.5, 0.6) is 0 Å². The molecule has 0 saturated carbocycles. The second kappa shape index (κ2) is 11.6. The van der Waals surface area contributed by atoms with Crippen LogP contribution in [0.3, 0.4) is 0 Å². The molecule has 0 amide bonds. The van der Waals surface area contributed by atoms with Crippen molar-refractivity contribution in [1.29, 1.82) is 0 Å². The molecule has 0 unspecified atom stereocenters. The van der Waals surface area contributed by atoms with Crippen molar-refractivity contribution in [2.75, 3.05) is 0 Å². The molecule has 0 bridgehead atoms. The van der Waals surface area contributed by atoms with Gasteiger partial charge in [0.15, 0.2) is 0 Å². The summed E-state index contributed by atoms with van der Waals surface area (Å²) in [6.07, 6.45) is 0. The number of fused-ring (bicyclic) bond motifs is 13. The Morgan fingerprint density at radius 3 is 1.31 bits per heavy atom. The highest BCUT2D eigenvalue weighted by Crippen LogP contribution is 2.50. The van der Waals surface area contributed by atoms with Crippen LogP contribution in [-0.4, -0.2) is 0 Å². The standard InChI is InChI=1S/C52H30S2/c1-2-12-31(13-3-1)47-37-14-4-6-16-39(37)48(40-17-7-5-15-38(40)47)36-25-24-32-28-33(22-23-34(32)29-36)35-26-27-46-44(30-35)50-42-19-9-8-18-41(42)49-43-20-10-11-21-45(43)53-51(49)52(50)54-46/h1-30H. The predicted octanol–water partition coefficient (Wildman–Crippen LogP) is 16.0. The molecule has 10 aromatic carbocycles. The molecule has 54 heavy (non-hydrogen) atoms. The van der Waals surface area contributed by atoms with Gasteiger partial charge in [0, 0.05) is 30.9 Å². The SMILES string of the molecule is c1ccc(-c2c3ccccc3c(-c3ccc4cc(-c5ccc6sc7c8sc9ccccc9c8c8ccccc8c7c6c5)ccc4c3)c3ccccc23)cc1. The van der Waals surface area contributed by atoms with Gasteiger partial charge in [-0.3, -0.25) is 0 Å². The first-order valence-corrected chi connectivity index (χ1v) is 20.1. The lowest BCUT2D eigenvalue weighted by atomic mass is 9.85. The highest BCUT2D eigenvalue weighted by molar-refractivity contribution is 7.33. The summed E-state index contributed by atoms with van der Waals surface area (Å²) in [6, 6.07) is 67.6. The molecule has 0 aliphatic carbocycles. The predicted molar refractivity (Wildman–Crippen MR) is 239 cm³/mol. The lowest BCUT2D eigenvalue weighted by Gasteiger charge is -2.18. The summed E-state index contributed by atoms with van der Waals surface area (Å²) in [6.45, 7) is 0. The fourth-order valence-electron chi connectivity index (χ4n) is 9.03. The summed E-state index contributed by atoms with van der Waals surface area (Å²) in [5, 5.41) is 15.8. The molecule has 0 nitrogen and oxygen atoms in total. The molecule has 0 saturated heterocycles. The molecular weight excluding hydrogens is 689 g/mol. The van der Waals surface area contributed by atoms with E-state index in [0.29, 0.717) is 0 Å². The minimum absolute atomic E-state index is 1.24. The van der Waals surface area contributed by atoms with Crippen LogP contribution in [0, 0.1) is 0 Å². The Hall–Kier alpha value is -6.32. The largest absolute Gasteiger partial charge is 0.134 e. The zero-order valence-electron chi connectivity index (χ0n) is 29.1. The monoisotopic (exact) mass is 718 g/mol. The lowest BCUT2D eigenvalue weighted by Crippen LogP contribution is -1.90. The summed E-state index contributed by atoms with van der Waals surface area (Å²) < 4.78 is 5.50. The molecule has 0 N–H and O–H groups in total. The van der Waals surface area contributed by atoms with E-state index in [2.05, 4.69) is 182 Å². The Morgan fingerprint density at radius 1 is 0.259 bits per heavy atom. The van der Waals surface area contributed by atoms with Crippen molar-refractivity contribution in [2.24, 2.45) is 0 Å². The van der Waals surface area contributed by atoms with E-state index in [1.807, 2.05) is 22.7 Å². The topological polar surface area (TPSA) is 0 Å². The molecule has 250 valence electrons. The van der Waals surface area contributed by atoms with Gasteiger partial charge >= 0.3 is 0 Å². The Bertz CT molecular complexity index is 3430. The van der Waals surface area contributed by atoms with Crippen LogP contribution in [0.25, 0.3) is 117 Å². The number of hydrogen-bond acceptors (Lipinski definition) is 2. The summed E-state index contributed by atoms with van der Waals surface area (Å²) in [4.78, 5) is 0. The van der Waals surface area contributed by atoms with Crippen LogP contribution in [0.15, 0.2) is 182 Å². The van der Waals surface area contributed by atoms with Crippen molar-refractivity contribution < 1.29 is 0 Å². The maximum atomic E-state index is 2.43. The smallest absolute Gasteiger partial charge is 0.0540 e. The number of hydrogen-bond donors (Lipinski definition) is 0. The highest BCUT2D eigenvalue weighted by Gasteiger charge is 2.19. The third-order valence-corrected chi connectivity index (χ3v) is 13.9. The van der Waals surface area contributed by atoms with Crippen LogP contribution in [0.1, 0.15) is 0 Å². The maximum absolute atomic E-state index is 2.43. The zero-order chi connectivity index (χ0) is 35.3. The second-order valence-electron chi connectivity index (χ2n) is 14.3. The third-order valence-electron chi connectivity index (χ3n) is 11.4. The van der Waals surface area contributed by atoms with Gasteiger partial charge in [-0.2, -0.15) is 0 Å². The van der Waals surface area contributed by atoms with E-state index in [1.165, 1.54) is 117 Å². The first-order chi connectivity index (χ1) is 26.8. The van der Waals surface area contributed by atoms with Gasteiger partial charge in [-0.25, -0.2) is 0 Å². The molecule has 0 aliphatic heterocycles. The van der Waals surface area contributed by atoms with Crippen LogP contribution in [0.2, 0.25) is 0 Å². The van der Waals surface area contributed by atoms with Crippen molar-refractivity contribution in [1.82, 2.24) is 0 Å². The molecule has 0 radical (unpaired) electrons. The van der Waals surface area contributed by atoms with E-state index in [4.69, 9.17) is 0 Å². The Balaban J connectivity index is 1.02. The summed E-state index contributed by atoms with van der Waals surface area (Å²) >= 11 is 3.87. The molecule has 0 atom stereocenters. The van der Waals surface area contributed by atoms with Crippen LogP contribution >= 0.6 is 22.7 Å². The summed E-state index contributed by atoms with van der Waals surface area (Å²) in [5.74, 6) is 0. The highest BCUT2D eigenvalue weighted by atomic mass is 32.1. The first-order valence-electron chi connectivity index (χ1n) is 18.5. The number of rotatable bonds is 3. The number of thiophene rings is 2. The molecule has 2 heteroatoms. The quantitative estimate of drug-likeness (QED) is 0.160. The van der Waals surface area contributed by atoms with E-state index in [9.17, 15) is 0 Å². The fourth-order valence-corrected chi connectivity index (χ4v) is 11.6. The summed E-state index contributed by atoms with van der Waals surface area (Å²) in [7, 11) is 0. The van der Waals surface area contributed by atoms with Crippen molar-refractivity contribution in [3.05, 3.63) is 182 Å². The molecule has 0 spiro atoms. The fraction of sp³-hybridized carbons (Fsp3) is 0. The molecule has 2 aromatic heterocycles. The third kappa shape index (κ3) is 4.36. The van der Waals surface area contributed by atoms with Gasteiger partial charge in [0.05, 0.1) is 9.40 Å². The molecular formula is C52H30S2. The van der Waals surface area contributed by atoms with Gasteiger partial charge in [-0.15, -0.1) is 22.7 Å². The second-order valence-corrected chi connectivity index (χ2v) is 16.5. The zero-order valence-corrected chi connectivity index (χ0v) is 30.8. The Morgan fingerprint density at radius 2 is 0.685 bits per heavy atom. The normalized spacial score (nSPS) is 12.1. The summed E-state index contributed by atoms with van der Waals surface area (Å²) in [5.41, 5.74) is 7.58. The Labute approximate surface area is 319 Å².